The number of ether oxygens (including phenoxy) is 2. The summed E-state index contributed by atoms with van der Waals surface area (Å²) in [5.41, 5.74) is 0. The predicted molar refractivity (Wildman–Crippen MR) is 55.2 cm³/mol. The van der Waals surface area contributed by atoms with Crippen LogP contribution in [0.25, 0.3) is 0 Å². The SMILES string of the molecule is CCOC(=O)CCNCC(C)OCC. The molecule has 0 aromatic heterocycles. The van der Waals surface area contributed by atoms with Crippen molar-refractivity contribution in [3.8, 4) is 0 Å². The lowest BCUT2D eigenvalue weighted by Crippen LogP contribution is -2.28. The van der Waals surface area contributed by atoms with E-state index in [4.69, 9.17) is 9.47 Å². The maximum absolute atomic E-state index is 10.9. The first-order chi connectivity index (χ1) is 6.70. The zero-order valence-corrected chi connectivity index (χ0v) is 9.34. The molecule has 0 aliphatic carbocycles. The lowest BCUT2D eigenvalue weighted by atomic mass is 10.3. The van der Waals surface area contributed by atoms with Crippen molar-refractivity contribution in [3.05, 3.63) is 0 Å². The Kier molecular flexibility index (Phi) is 8.57. The number of hydrogen-bond donors (Lipinski definition) is 1. The van der Waals surface area contributed by atoms with Crippen molar-refractivity contribution in [1.29, 1.82) is 0 Å². The van der Waals surface area contributed by atoms with Crippen LogP contribution in [-0.4, -0.2) is 38.4 Å². The summed E-state index contributed by atoms with van der Waals surface area (Å²) in [6.07, 6.45) is 0.620. The average molecular weight is 203 g/mol. The van der Waals surface area contributed by atoms with Gasteiger partial charge in [-0.3, -0.25) is 4.79 Å². The van der Waals surface area contributed by atoms with Gasteiger partial charge in [-0.05, 0) is 20.8 Å². The van der Waals surface area contributed by atoms with Crippen molar-refractivity contribution in [2.45, 2.75) is 33.3 Å². The van der Waals surface area contributed by atoms with E-state index in [0.29, 0.717) is 19.6 Å². The molecule has 4 heteroatoms. The van der Waals surface area contributed by atoms with E-state index in [-0.39, 0.29) is 12.1 Å². The van der Waals surface area contributed by atoms with Crippen LogP contribution in [0.2, 0.25) is 0 Å². The van der Waals surface area contributed by atoms with E-state index in [0.717, 1.165) is 13.2 Å². The van der Waals surface area contributed by atoms with Gasteiger partial charge < -0.3 is 14.8 Å². The molecule has 0 radical (unpaired) electrons. The Morgan fingerprint density at radius 1 is 1.36 bits per heavy atom. The van der Waals surface area contributed by atoms with Gasteiger partial charge in [0.15, 0.2) is 0 Å². The van der Waals surface area contributed by atoms with Crippen LogP contribution >= 0.6 is 0 Å². The monoisotopic (exact) mass is 203 g/mol. The minimum absolute atomic E-state index is 0.149. The standard InChI is InChI=1S/C10H21NO3/c1-4-13-9(3)8-11-7-6-10(12)14-5-2/h9,11H,4-8H2,1-3H3. The Balaban J connectivity index is 3.24. The molecule has 0 aromatic carbocycles. The molecule has 0 saturated carbocycles. The van der Waals surface area contributed by atoms with E-state index in [1.807, 2.05) is 20.8 Å². The van der Waals surface area contributed by atoms with Gasteiger partial charge in [-0.1, -0.05) is 0 Å². The molecule has 0 aliphatic rings. The second kappa shape index (κ2) is 8.97. The fraction of sp³-hybridized carbons (Fsp3) is 0.900. The maximum atomic E-state index is 10.9. The van der Waals surface area contributed by atoms with Crippen molar-refractivity contribution in [1.82, 2.24) is 5.32 Å². The van der Waals surface area contributed by atoms with Gasteiger partial charge in [0, 0.05) is 19.7 Å². The molecule has 1 N–H and O–H groups in total. The van der Waals surface area contributed by atoms with Gasteiger partial charge in [0.2, 0.25) is 0 Å². The molecule has 0 rings (SSSR count). The van der Waals surface area contributed by atoms with Gasteiger partial charge in [-0.25, -0.2) is 0 Å². The van der Waals surface area contributed by atoms with E-state index < -0.39 is 0 Å². The van der Waals surface area contributed by atoms with Crippen LogP contribution in [0.15, 0.2) is 0 Å². The molecule has 4 nitrogen and oxygen atoms in total. The fourth-order valence-electron chi connectivity index (χ4n) is 1.07. The molecule has 0 amide bonds. The van der Waals surface area contributed by atoms with Crippen molar-refractivity contribution >= 4 is 5.97 Å². The number of hydrogen-bond acceptors (Lipinski definition) is 4. The minimum atomic E-state index is -0.149. The molecular weight excluding hydrogens is 182 g/mol. The summed E-state index contributed by atoms with van der Waals surface area (Å²) >= 11 is 0. The predicted octanol–water partition coefficient (Wildman–Crippen LogP) is 0.954. The number of carbonyl (C=O) groups is 1. The van der Waals surface area contributed by atoms with Gasteiger partial charge >= 0.3 is 5.97 Å². The Bertz CT molecular complexity index is 150. The summed E-state index contributed by atoms with van der Waals surface area (Å²) in [7, 11) is 0. The van der Waals surface area contributed by atoms with E-state index >= 15 is 0 Å². The quantitative estimate of drug-likeness (QED) is 0.471. The second-order valence-corrected chi connectivity index (χ2v) is 3.03. The molecule has 0 fully saturated rings. The second-order valence-electron chi connectivity index (χ2n) is 3.03. The molecule has 1 unspecified atom stereocenters. The Hall–Kier alpha value is -0.610. The molecule has 0 heterocycles. The summed E-state index contributed by atoms with van der Waals surface area (Å²) in [6, 6.07) is 0. The van der Waals surface area contributed by atoms with Crippen LogP contribution in [0.5, 0.6) is 0 Å². The van der Waals surface area contributed by atoms with E-state index in [9.17, 15) is 4.79 Å². The fourth-order valence-corrected chi connectivity index (χ4v) is 1.07. The highest BCUT2D eigenvalue weighted by Crippen LogP contribution is 1.88. The number of carbonyl (C=O) groups excluding carboxylic acids is 1. The minimum Gasteiger partial charge on any atom is -0.466 e. The Labute approximate surface area is 86.0 Å². The molecule has 0 aromatic rings. The topological polar surface area (TPSA) is 47.6 Å². The van der Waals surface area contributed by atoms with Crippen LogP contribution in [0.3, 0.4) is 0 Å². The summed E-state index contributed by atoms with van der Waals surface area (Å²) < 4.78 is 10.1. The highest BCUT2D eigenvalue weighted by molar-refractivity contribution is 5.69. The van der Waals surface area contributed by atoms with Crippen molar-refractivity contribution in [3.63, 3.8) is 0 Å². The third-order valence-electron chi connectivity index (χ3n) is 1.69. The summed E-state index contributed by atoms with van der Waals surface area (Å²) in [6.45, 7) is 8.37. The van der Waals surface area contributed by atoms with Crippen LogP contribution < -0.4 is 5.32 Å². The molecule has 0 bridgehead atoms. The van der Waals surface area contributed by atoms with Gasteiger partial charge in [0.25, 0.3) is 0 Å². The summed E-state index contributed by atoms with van der Waals surface area (Å²) in [4.78, 5) is 10.9. The number of nitrogens with one attached hydrogen (secondary N) is 1. The molecule has 0 spiro atoms. The lowest BCUT2D eigenvalue weighted by molar-refractivity contribution is -0.143. The number of rotatable bonds is 8. The van der Waals surface area contributed by atoms with Crippen molar-refractivity contribution in [2.24, 2.45) is 0 Å². The molecule has 0 aliphatic heterocycles. The normalized spacial score (nSPS) is 12.5. The molecule has 84 valence electrons. The average Bonchev–Trinajstić information content (AvgIpc) is 2.13. The highest BCUT2D eigenvalue weighted by Gasteiger charge is 2.02. The van der Waals surface area contributed by atoms with Crippen LogP contribution in [0.1, 0.15) is 27.2 Å². The van der Waals surface area contributed by atoms with Crippen molar-refractivity contribution < 1.29 is 14.3 Å². The van der Waals surface area contributed by atoms with Crippen molar-refractivity contribution in [2.75, 3.05) is 26.3 Å². The first kappa shape index (κ1) is 13.4. The third kappa shape index (κ3) is 8.01. The first-order valence-corrected chi connectivity index (χ1v) is 5.18. The van der Waals surface area contributed by atoms with Crippen LogP contribution in [0, 0.1) is 0 Å². The molecule has 14 heavy (non-hydrogen) atoms. The smallest absolute Gasteiger partial charge is 0.307 e. The zero-order chi connectivity index (χ0) is 10.8. The van der Waals surface area contributed by atoms with Gasteiger partial charge in [-0.15, -0.1) is 0 Å². The lowest BCUT2D eigenvalue weighted by Gasteiger charge is -2.11. The third-order valence-corrected chi connectivity index (χ3v) is 1.69. The van der Waals surface area contributed by atoms with Gasteiger partial charge in [-0.2, -0.15) is 0 Å². The van der Waals surface area contributed by atoms with Crippen LogP contribution in [-0.2, 0) is 14.3 Å². The number of esters is 1. The van der Waals surface area contributed by atoms with E-state index in [2.05, 4.69) is 5.32 Å². The first-order valence-electron chi connectivity index (χ1n) is 5.18. The van der Waals surface area contributed by atoms with Gasteiger partial charge in [0.1, 0.15) is 0 Å². The summed E-state index contributed by atoms with van der Waals surface area (Å²) in [5, 5.41) is 3.13. The summed E-state index contributed by atoms with van der Waals surface area (Å²) in [5.74, 6) is -0.149. The molecular formula is C10H21NO3. The maximum Gasteiger partial charge on any atom is 0.307 e. The largest absolute Gasteiger partial charge is 0.466 e. The highest BCUT2D eigenvalue weighted by atomic mass is 16.5. The van der Waals surface area contributed by atoms with Crippen LogP contribution in [0.4, 0.5) is 0 Å². The van der Waals surface area contributed by atoms with E-state index in [1.165, 1.54) is 0 Å². The molecule has 1 atom stereocenters. The van der Waals surface area contributed by atoms with Gasteiger partial charge in [0.05, 0.1) is 19.1 Å². The Morgan fingerprint density at radius 3 is 2.64 bits per heavy atom. The zero-order valence-electron chi connectivity index (χ0n) is 9.34. The van der Waals surface area contributed by atoms with E-state index in [1.54, 1.807) is 0 Å². The Morgan fingerprint density at radius 2 is 2.07 bits per heavy atom. The molecule has 0 saturated heterocycles.